The summed E-state index contributed by atoms with van der Waals surface area (Å²) in [5.74, 6) is 0. The van der Waals surface area contributed by atoms with E-state index in [9.17, 15) is 10.6 Å². The minimum absolute atomic E-state index is 0.319. The monoisotopic (exact) mass is 501 g/mol. The van der Waals surface area contributed by atoms with Crippen LogP contribution in [0.5, 0.6) is 0 Å². The second-order valence-corrected chi connectivity index (χ2v) is 14.4. The number of thioether (sulfide) groups is 1. The van der Waals surface area contributed by atoms with Gasteiger partial charge in [-0.25, -0.2) is 0 Å². The fourth-order valence-corrected chi connectivity index (χ4v) is 8.01. The Kier molecular flexibility index (Phi) is 10.5. The van der Waals surface area contributed by atoms with Gasteiger partial charge in [-0.2, -0.15) is 0 Å². The number of nitrogens with zero attached hydrogens (tertiary/aromatic N) is 3. The zero-order valence-electron chi connectivity index (χ0n) is 20.1. The van der Waals surface area contributed by atoms with Gasteiger partial charge in [0.2, 0.25) is 0 Å². The third-order valence-corrected chi connectivity index (χ3v) is 12.4. The normalized spacial score (nSPS) is 25.0. The first-order chi connectivity index (χ1) is 16.6. The molecule has 1 fully saturated rings. The molecule has 1 heterocycles. The average molecular weight is 502 g/mol. The molecule has 3 rings (SSSR count). The van der Waals surface area contributed by atoms with Crippen molar-refractivity contribution in [3.63, 3.8) is 0 Å². The van der Waals surface area contributed by atoms with Crippen molar-refractivity contribution < 1.29 is 19.0 Å². The van der Waals surface area contributed by atoms with Crippen molar-refractivity contribution >= 4 is 20.1 Å². The van der Waals surface area contributed by atoms with E-state index in [1.54, 1.807) is 0 Å². The van der Waals surface area contributed by atoms with Gasteiger partial charge in [0.05, 0.1) is 19.3 Å². The summed E-state index contributed by atoms with van der Waals surface area (Å²) >= 11 is 1.44. The van der Waals surface area contributed by atoms with Gasteiger partial charge in [0.1, 0.15) is 23.7 Å². The lowest BCUT2D eigenvalue weighted by Crippen LogP contribution is -2.58. The van der Waals surface area contributed by atoms with Gasteiger partial charge in [-0.15, -0.1) is 0 Å². The number of aliphatic hydroxyl groups is 1. The third-order valence-electron chi connectivity index (χ3n) is 6.59. The van der Waals surface area contributed by atoms with E-state index in [4.69, 9.17) is 13.9 Å². The number of hydrogen-bond donors (Lipinski definition) is 1. The molecule has 0 aliphatic carbocycles. The summed E-state index contributed by atoms with van der Waals surface area (Å²) in [5.41, 5.74) is 9.65. The van der Waals surface area contributed by atoms with Crippen LogP contribution in [0.1, 0.15) is 26.3 Å². The molecule has 2 aromatic carbocycles. The number of benzene rings is 2. The highest BCUT2D eigenvalue weighted by atomic mass is 32.2. The Morgan fingerprint density at radius 2 is 1.65 bits per heavy atom. The molecule has 34 heavy (non-hydrogen) atoms. The summed E-state index contributed by atoms with van der Waals surface area (Å²) in [4.78, 5) is 3.97. The van der Waals surface area contributed by atoms with Gasteiger partial charge in [0, 0.05) is 9.81 Å². The van der Waals surface area contributed by atoms with Gasteiger partial charge in [0.25, 0.3) is 0 Å². The summed E-state index contributed by atoms with van der Waals surface area (Å²) < 4.78 is 19.2. The molecule has 0 saturated carbocycles. The van der Waals surface area contributed by atoms with Crippen molar-refractivity contribution in [1.82, 2.24) is 0 Å². The second kappa shape index (κ2) is 13.3. The molecule has 0 radical (unpaired) electrons. The molecule has 9 heteroatoms. The van der Waals surface area contributed by atoms with Crippen molar-refractivity contribution in [3.8, 4) is 0 Å². The number of ether oxygens (including phenoxy) is 2. The lowest BCUT2D eigenvalue weighted by atomic mass is 9.98. The van der Waals surface area contributed by atoms with Gasteiger partial charge in [-0.1, -0.05) is 86.2 Å². The number of rotatable bonds is 12. The standard InChI is InChI=1S/C25H35N3O4SSi/c1-4-34(5-2,6-3)31-18-21-24(30-17-19-13-9-7-10-14-19)23(29)22(27-28-26)25(32-21)33-20-15-11-8-12-16-20/h7-16,21-25,29H,4-6,17-18H2,1-3H3/t21-,22-,23-,24+,25+/m1/s1. The van der Waals surface area contributed by atoms with Crippen LogP contribution in [0.3, 0.4) is 0 Å². The highest BCUT2D eigenvalue weighted by Crippen LogP contribution is 2.37. The first-order valence-corrected chi connectivity index (χ1v) is 15.4. The van der Waals surface area contributed by atoms with E-state index < -0.39 is 38.1 Å². The third kappa shape index (κ3) is 6.85. The van der Waals surface area contributed by atoms with Crippen LogP contribution in [0.15, 0.2) is 70.7 Å². The smallest absolute Gasteiger partial charge is 0.192 e. The van der Waals surface area contributed by atoms with Crippen LogP contribution >= 0.6 is 11.8 Å². The fraction of sp³-hybridized carbons (Fsp3) is 0.520. The Bertz CT molecular complexity index is 905. The lowest BCUT2D eigenvalue weighted by Gasteiger charge is -2.44. The molecule has 0 aromatic heterocycles. The molecule has 0 bridgehead atoms. The van der Waals surface area contributed by atoms with Crippen LogP contribution < -0.4 is 0 Å². The number of hydrogen-bond acceptors (Lipinski definition) is 6. The molecule has 7 nitrogen and oxygen atoms in total. The van der Waals surface area contributed by atoms with Crippen LogP contribution in [0.4, 0.5) is 0 Å². The van der Waals surface area contributed by atoms with Gasteiger partial charge in [-0.3, -0.25) is 0 Å². The van der Waals surface area contributed by atoms with Crippen LogP contribution in [-0.4, -0.2) is 49.8 Å². The zero-order chi connectivity index (χ0) is 24.4. The summed E-state index contributed by atoms with van der Waals surface area (Å²) in [7, 11) is -1.87. The van der Waals surface area contributed by atoms with Gasteiger partial charge < -0.3 is 19.0 Å². The Hall–Kier alpha value is -1.84. The van der Waals surface area contributed by atoms with Crippen molar-refractivity contribution in [1.29, 1.82) is 0 Å². The lowest BCUT2D eigenvalue weighted by molar-refractivity contribution is -0.188. The van der Waals surface area contributed by atoms with Crippen LogP contribution in [0, 0.1) is 0 Å². The molecular weight excluding hydrogens is 466 g/mol. The predicted molar refractivity (Wildman–Crippen MR) is 138 cm³/mol. The maximum absolute atomic E-state index is 11.3. The molecule has 2 aromatic rings. The van der Waals surface area contributed by atoms with E-state index in [1.807, 2.05) is 60.7 Å². The van der Waals surface area contributed by atoms with E-state index in [0.29, 0.717) is 13.2 Å². The Morgan fingerprint density at radius 3 is 2.24 bits per heavy atom. The van der Waals surface area contributed by atoms with Gasteiger partial charge in [0.15, 0.2) is 8.32 Å². The molecule has 1 aliphatic rings. The first kappa shape index (κ1) is 26.8. The predicted octanol–water partition coefficient (Wildman–Crippen LogP) is 6.15. The topological polar surface area (TPSA) is 96.7 Å². The van der Waals surface area contributed by atoms with Crippen molar-refractivity contribution in [3.05, 3.63) is 76.7 Å². The quantitative estimate of drug-likeness (QED) is 0.163. The average Bonchev–Trinajstić information content (AvgIpc) is 2.88. The van der Waals surface area contributed by atoms with E-state index in [-0.39, 0.29) is 0 Å². The molecule has 184 valence electrons. The number of azide groups is 1. The highest BCUT2D eigenvalue weighted by Gasteiger charge is 2.47. The van der Waals surface area contributed by atoms with Crippen molar-refractivity contribution in [2.45, 2.75) is 80.2 Å². The molecule has 0 spiro atoms. The minimum Gasteiger partial charge on any atom is -0.414 e. The van der Waals surface area contributed by atoms with E-state index in [1.165, 1.54) is 11.8 Å². The minimum atomic E-state index is -1.87. The van der Waals surface area contributed by atoms with Gasteiger partial charge in [-0.05, 0) is 41.4 Å². The summed E-state index contributed by atoms with van der Waals surface area (Å²) in [5, 5.41) is 15.2. The molecule has 0 amide bonds. The summed E-state index contributed by atoms with van der Waals surface area (Å²) in [6.07, 6.45) is -2.19. The van der Waals surface area contributed by atoms with Crippen LogP contribution in [0.2, 0.25) is 18.1 Å². The summed E-state index contributed by atoms with van der Waals surface area (Å²) in [6.45, 7) is 7.22. The Labute approximate surface area is 207 Å². The zero-order valence-corrected chi connectivity index (χ0v) is 21.9. The first-order valence-electron chi connectivity index (χ1n) is 11.9. The van der Waals surface area contributed by atoms with E-state index in [0.717, 1.165) is 28.6 Å². The van der Waals surface area contributed by atoms with Crippen LogP contribution in [0.25, 0.3) is 10.4 Å². The largest absolute Gasteiger partial charge is 0.414 e. The van der Waals surface area contributed by atoms with Crippen molar-refractivity contribution in [2.24, 2.45) is 5.11 Å². The maximum Gasteiger partial charge on any atom is 0.192 e. The molecule has 1 saturated heterocycles. The van der Waals surface area contributed by atoms with Crippen molar-refractivity contribution in [2.75, 3.05) is 6.61 Å². The summed E-state index contributed by atoms with van der Waals surface area (Å²) in [6, 6.07) is 21.9. The van der Waals surface area contributed by atoms with Crippen LogP contribution in [-0.2, 0) is 20.5 Å². The SMILES string of the molecule is CC[Si](CC)(CC)OC[C@H]1O[C@@H](Sc2ccccc2)[C@H](N=[N+]=[N-])[C@@H](O)[C@H]1OCc1ccccc1. The molecule has 1 N–H and O–H groups in total. The molecule has 1 aliphatic heterocycles. The van der Waals surface area contributed by atoms with Gasteiger partial charge >= 0.3 is 0 Å². The Balaban J connectivity index is 1.84. The fourth-order valence-electron chi connectivity index (χ4n) is 4.24. The van der Waals surface area contributed by atoms with E-state index in [2.05, 4.69) is 30.8 Å². The van der Waals surface area contributed by atoms with E-state index >= 15 is 0 Å². The molecule has 0 unspecified atom stereocenters. The Morgan fingerprint density at radius 1 is 1.03 bits per heavy atom. The number of aliphatic hydroxyl groups excluding tert-OH is 1. The molecular formula is C25H35N3O4SSi. The maximum atomic E-state index is 11.3. The molecule has 5 atom stereocenters. The highest BCUT2D eigenvalue weighted by molar-refractivity contribution is 7.99. The second-order valence-electron chi connectivity index (χ2n) is 8.48.